The van der Waals surface area contributed by atoms with E-state index < -0.39 is 0 Å². The van der Waals surface area contributed by atoms with Crippen molar-refractivity contribution in [1.29, 1.82) is 0 Å². The summed E-state index contributed by atoms with van der Waals surface area (Å²) >= 11 is 0. The number of hydrogen-bond acceptors (Lipinski definition) is 6. The minimum Gasteiger partial charge on any atom is -0.493 e. The Bertz CT molecular complexity index is 927. The summed E-state index contributed by atoms with van der Waals surface area (Å²) in [7, 11) is 1.61. The van der Waals surface area contributed by atoms with Gasteiger partial charge in [0.15, 0.2) is 17.3 Å². The highest BCUT2D eigenvalue weighted by Crippen LogP contribution is 2.39. The van der Waals surface area contributed by atoms with E-state index in [0.717, 1.165) is 5.56 Å². The number of nitrogens with zero attached hydrogens (tertiary/aromatic N) is 3. The summed E-state index contributed by atoms with van der Waals surface area (Å²) in [5.41, 5.74) is 1.58. The maximum Gasteiger partial charge on any atom is 0.261 e. The lowest BCUT2D eigenvalue weighted by molar-refractivity contribution is 0.272. The van der Waals surface area contributed by atoms with Crippen LogP contribution >= 0.6 is 0 Å². The van der Waals surface area contributed by atoms with E-state index in [-0.39, 0.29) is 0 Å². The van der Waals surface area contributed by atoms with Gasteiger partial charge in [-0.25, -0.2) is 4.98 Å². The predicted octanol–water partition coefficient (Wildman–Crippen LogP) is 4.44. The number of aromatic nitrogens is 3. The number of pyridine rings is 1. The summed E-state index contributed by atoms with van der Waals surface area (Å²) in [6.45, 7) is 2.52. The predicted molar refractivity (Wildman–Crippen MR) is 101 cm³/mol. The average Bonchev–Trinajstić information content (AvgIpc) is 3.54. The second-order valence-electron chi connectivity index (χ2n) is 6.51. The zero-order valence-electron chi connectivity index (χ0n) is 15.4. The molecular weight excluding hydrogens is 342 g/mol. The Kier molecular flexibility index (Phi) is 4.87. The average molecular weight is 363 g/mol. The topological polar surface area (TPSA) is 66.4 Å². The van der Waals surface area contributed by atoms with Gasteiger partial charge in [0, 0.05) is 18.0 Å². The molecular formula is C21H21N3O3. The van der Waals surface area contributed by atoms with Crippen LogP contribution in [0.2, 0.25) is 0 Å². The van der Waals surface area contributed by atoms with Gasteiger partial charge in [0.05, 0.1) is 19.4 Å². The van der Waals surface area contributed by atoms with E-state index >= 15 is 0 Å². The van der Waals surface area contributed by atoms with Crippen molar-refractivity contribution < 1.29 is 14.2 Å². The van der Waals surface area contributed by atoms with Crippen molar-refractivity contribution >= 4 is 0 Å². The van der Waals surface area contributed by atoms with Crippen LogP contribution in [0.5, 0.6) is 23.1 Å². The molecule has 2 aromatic heterocycles. The van der Waals surface area contributed by atoms with Crippen LogP contribution in [0.3, 0.4) is 0 Å². The van der Waals surface area contributed by atoms with Gasteiger partial charge in [-0.2, -0.15) is 4.98 Å². The molecule has 0 saturated heterocycles. The van der Waals surface area contributed by atoms with Crippen LogP contribution in [-0.2, 0) is 0 Å². The van der Waals surface area contributed by atoms with Crippen molar-refractivity contribution in [3.8, 4) is 34.5 Å². The maximum absolute atomic E-state index is 6.12. The molecule has 138 valence electrons. The second-order valence-corrected chi connectivity index (χ2v) is 6.51. The van der Waals surface area contributed by atoms with Crippen molar-refractivity contribution in [2.75, 3.05) is 13.7 Å². The number of hydrogen-bond donors (Lipinski definition) is 0. The molecule has 27 heavy (non-hydrogen) atoms. The summed E-state index contributed by atoms with van der Waals surface area (Å²) in [5, 5.41) is 0. The summed E-state index contributed by atoms with van der Waals surface area (Å²) in [6.07, 6.45) is 5.84. The SMILES string of the molecule is COc1ccccc1Oc1c(C)nc(-c2ccncc2)nc1OCC1CC1. The van der Waals surface area contributed by atoms with E-state index in [9.17, 15) is 0 Å². The molecule has 2 heterocycles. The van der Waals surface area contributed by atoms with E-state index in [2.05, 4.69) is 15.0 Å². The molecule has 1 aliphatic rings. The first-order chi connectivity index (χ1) is 13.2. The monoisotopic (exact) mass is 363 g/mol. The first-order valence-corrected chi connectivity index (χ1v) is 8.97. The Balaban J connectivity index is 1.72. The number of para-hydroxylation sites is 2. The quantitative estimate of drug-likeness (QED) is 0.618. The second kappa shape index (κ2) is 7.61. The van der Waals surface area contributed by atoms with Crippen LogP contribution in [0.25, 0.3) is 11.4 Å². The lowest BCUT2D eigenvalue weighted by Gasteiger charge is -2.16. The molecule has 0 bridgehead atoms. The Morgan fingerprint density at radius 2 is 1.74 bits per heavy atom. The first kappa shape index (κ1) is 17.3. The number of aryl methyl sites for hydroxylation is 1. The molecule has 6 heteroatoms. The molecule has 1 fully saturated rings. The smallest absolute Gasteiger partial charge is 0.261 e. The number of rotatable bonds is 7. The van der Waals surface area contributed by atoms with Gasteiger partial charge < -0.3 is 14.2 Å². The molecule has 0 aliphatic heterocycles. The summed E-state index contributed by atoms with van der Waals surface area (Å²) < 4.78 is 17.5. The fourth-order valence-electron chi connectivity index (χ4n) is 2.68. The van der Waals surface area contributed by atoms with Gasteiger partial charge in [-0.3, -0.25) is 4.98 Å². The molecule has 0 radical (unpaired) electrons. The molecule has 0 unspecified atom stereocenters. The molecule has 6 nitrogen and oxygen atoms in total. The number of methoxy groups -OCH3 is 1. The van der Waals surface area contributed by atoms with Crippen molar-refractivity contribution in [3.05, 3.63) is 54.5 Å². The van der Waals surface area contributed by atoms with Crippen LogP contribution in [0, 0.1) is 12.8 Å². The zero-order valence-corrected chi connectivity index (χ0v) is 15.4. The molecule has 0 N–H and O–H groups in total. The van der Waals surface area contributed by atoms with Gasteiger partial charge >= 0.3 is 0 Å². The molecule has 0 spiro atoms. The van der Waals surface area contributed by atoms with Crippen LogP contribution in [0.4, 0.5) is 0 Å². The zero-order chi connectivity index (χ0) is 18.6. The molecule has 4 rings (SSSR count). The Morgan fingerprint density at radius 3 is 2.44 bits per heavy atom. The fourth-order valence-corrected chi connectivity index (χ4v) is 2.68. The summed E-state index contributed by atoms with van der Waals surface area (Å²) in [6, 6.07) is 11.2. The van der Waals surface area contributed by atoms with E-state index in [1.165, 1.54) is 12.8 Å². The molecule has 1 aromatic carbocycles. The van der Waals surface area contributed by atoms with Gasteiger partial charge in [-0.05, 0) is 49.9 Å². The van der Waals surface area contributed by atoms with Crippen molar-refractivity contribution in [3.63, 3.8) is 0 Å². The first-order valence-electron chi connectivity index (χ1n) is 8.97. The standard InChI is InChI=1S/C21H21N3O3/c1-14-19(27-18-6-4-3-5-17(18)25-2)21(26-13-15-7-8-15)24-20(23-14)16-9-11-22-12-10-16/h3-6,9-12,15H,7-8,13H2,1-2H3. The fraction of sp³-hybridized carbons (Fsp3) is 0.286. The Hall–Kier alpha value is -3.15. The maximum atomic E-state index is 6.12. The summed E-state index contributed by atoms with van der Waals surface area (Å²) in [5.74, 6) is 3.39. The molecule has 0 amide bonds. The largest absolute Gasteiger partial charge is 0.493 e. The van der Waals surface area contributed by atoms with Gasteiger partial charge in [0.2, 0.25) is 5.75 Å². The minimum absolute atomic E-state index is 0.451. The number of ether oxygens (including phenoxy) is 3. The Morgan fingerprint density at radius 1 is 1.00 bits per heavy atom. The van der Waals surface area contributed by atoms with Crippen molar-refractivity contribution in [2.45, 2.75) is 19.8 Å². The van der Waals surface area contributed by atoms with Gasteiger partial charge in [0.1, 0.15) is 0 Å². The molecule has 1 aliphatic carbocycles. The van der Waals surface area contributed by atoms with E-state index in [1.807, 2.05) is 43.3 Å². The van der Waals surface area contributed by atoms with Crippen LogP contribution in [0.15, 0.2) is 48.8 Å². The third-order valence-corrected chi connectivity index (χ3v) is 4.38. The van der Waals surface area contributed by atoms with Crippen molar-refractivity contribution in [1.82, 2.24) is 15.0 Å². The summed E-state index contributed by atoms with van der Waals surface area (Å²) in [4.78, 5) is 13.3. The highest BCUT2D eigenvalue weighted by atomic mass is 16.5. The third kappa shape index (κ3) is 4.00. The lowest BCUT2D eigenvalue weighted by atomic mass is 10.2. The van der Waals surface area contributed by atoms with Crippen LogP contribution < -0.4 is 14.2 Å². The number of benzene rings is 1. The van der Waals surface area contributed by atoms with Gasteiger partial charge in [-0.15, -0.1) is 0 Å². The van der Waals surface area contributed by atoms with E-state index in [0.29, 0.717) is 47.2 Å². The van der Waals surface area contributed by atoms with Crippen molar-refractivity contribution in [2.24, 2.45) is 5.92 Å². The molecule has 1 saturated carbocycles. The van der Waals surface area contributed by atoms with E-state index in [4.69, 9.17) is 14.2 Å². The highest BCUT2D eigenvalue weighted by molar-refractivity contribution is 5.57. The highest BCUT2D eigenvalue weighted by Gasteiger charge is 2.24. The lowest BCUT2D eigenvalue weighted by Crippen LogP contribution is -2.06. The van der Waals surface area contributed by atoms with E-state index in [1.54, 1.807) is 19.5 Å². The van der Waals surface area contributed by atoms with Crippen LogP contribution in [-0.4, -0.2) is 28.7 Å². The minimum atomic E-state index is 0.451. The van der Waals surface area contributed by atoms with Gasteiger partial charge in [0.25, 0.3) is 5.88 Å². The third-order valence-electron chi connectivity index (χ3n) is 4.38. The normalized spacial score (nSPS) is 13.3. The Labute approximate surface area is 158 Å². The molecule has 3 aromatic rings. The van der Waals surface area contributed by atoms with Crippen LogP contribution in [0.1, 0.15) is 18.5 Å². The van der Waals surface area contributed by atoms with Gasteiger partial charge in [-0.1, -0.05) is 12.1 Å². The molecule has 0 atom stereocenters.